The fourth-order valence-electron chi connectivity index (χ4n) is 2.88. The van der Waals surface area contributed by atoms with E-state index in [9.17, 15) is 9.59 Å². The smallest absolute Gasteiger partial charge is 0.314 e. The normalized spacial score (nSPS) is 17.0. The van der Waals surface area contributed by atoms with E-state index in [4.69, 9.17) is 0 Å². The van der Waals surface area contributed by atoms with Gasteiger partial charge in [0.05, 0.1) is 12.6 Å². The maximum Gasteiger partial charge on any atom is 0.314 e. The Hall–Kier alpha value is -2.04. The lowest BCUT2D eigenvalue weighted by Gasteiger charge is -2.37. The van der Waals surface area contributed by atoms with E-state index in [1.807, 2.05) is 17.0 Å². The fraction of sp³-hybridized carbons (Fsp3) is 0.500. The van der Waals surface area contributed by atoms with E-state index >= 15 is 0 Å². The van der Waals surface area contributed by atoms with Crippen LogP contribution in [0.25, 0.3) is 0 Å². The third-order valence-corrected chi connectivity index (χ3v) is 3.92. The van der Waals surface area contributed by atoms with Crippen LogP contribution in [-0.4, -0.2) is 37.0 Å². The van der Waals surface area contributed by atoms with Gasteiger partial charge in [-0.2, -0.15) is 0 Å². The van der Waals surface area contributed by atoms with Crippen molar-refractivity contribution in [3.8, 4) is 0 Å². The second kappa shape index (κ2) is 7.11. The molecule has 0 saturated carbocycles. The van der Waals surface area contributed by atoms with Crippen LogP contribution in [0.4, 0.5) is 4.79 Å². The summed E-state index contributed by atoms with van der Waals surface area (Å²) in [7, 11) is 1.54. The van der Waals surface area contributed by atoms with Crippen LogP contribution in [0.15, 0.2) is 24.3 Å². The Kier molecular flexibility index (Phi) is 5.20. The molecule has 5 nitrogen and oxygen atoms in total. The lowest BCUT2D eigenvalue weighted by Crippen LogP contribution is -2.46. The molecule has 1 heterocycles. The SMILES string of the molecule is CCCC1c2ccccc2CCN1C(=O)CNC(=O)NC. The van der Waals surface area contributed by atoms with Gasteiger partial charge >= 0.3 is 6.03 Å². The highest BCUT2D eigenvalue weighted by atomic mass is 16.2. The van der Waals surface area contributed by atoms with Crippen LogP contribution >= 0.6 is 0 Å². The van der Waals surface area contributed by atoms with Gasteiger partial charge < -0.3 is 15.5 Å². The lowest BCUT2D eigenvalue weighted by atomic mass is 9.90. The van der Waals surface area contributed by atoms with Gasteiger partial charge in [0.2, 0.25) is 5.91 Å². The number of urea groups is 1. The van der Waals surface area contributed by atoms with Crippen molar-refractivity contribution in [2.45, 2.75) is 32.2 Å². The maximum atomic E-state index is 12.4. The molecule has 1 atom stereocenters. The van der Waals surface area contributed by atoms with Crippen LogP contribution in [0.3, 0.4) is 0 Å². The molecule has 0 aliphatic carbocycles. The second-order valence-corrected chi connectivity index (χ2v) is 5.27. The molecule has 0 saturated heterocycles. The summed E-state index contributed by atoms with van der Waals surface area (Å²) in [6, 6.07) is 8.13. The first kappa shape index (κ1) is 15.4. The Morgan fingerprint density at radius 1 is 1.33 bits per heavy atom. The summed E-state index contributed by atoms with van der Waals surface area (Å²) < 4.78 is 0. The molecule has 1 aromatic carbocycles. The summed E-state index contributed by atoms with van der Waals surface area (Å²) in [6.45, 7) is 2.89. The maximum absolute atomic E-state index is 12.4. The molecular weight excluding hydrogens is 266 g/mol. The molecule has 1 unspecified atom stereocenters. The van der Waals surface area contributed by atoms with Gasteiger partial charge in [0.15, 0.2) is 0 Å². The molecule has 2 rings (SSSR count). The number of amides is 3. The Bertz CT molecular complexity index is 516. The van der Waals surface area contributed by atoms with E-state index < -0.39 is 0 Å². The third kappa shape index (κ3) is 3.54. The minimum Gasteiger partial charge on any atom is -0.341 e. The van der Waals surface area contributed by atoms with Crippen molar-refractivity contribution in [2.75, 3.05) is 20.1 Å². The largest absolute Gasteiger partial charge is 0.341 e. The highest BCUT2D eigenvalue weighted by Gasteiger charge is 2.29. The highest BCUT2D eigenvalue weighted by Crippen LogP contribution is 2.32. The number of nitrogens with one attached hydrogen (secondary N) is 2. The van der Waals surface area contributed by atoms with Gasteiger partial charge in [0.1, 0.15) is 0 Å². The number of rotatable bonds is 4. The van der Waals surface area contributed by atoms with Crippen LogP contribution in [-0.2, 0) is 11.2 Å². The quantitative estimate of drug-likeness (QED) is 0.888. The number of carbonyl (C=O) groups excluding carboxylic acids is 2. The van der Waals surface area contributed by atoms with Gasteiger partial charge in [0.25, 0.3) is 0 Å². The number of benzene rings is 1. The lowest BCUT2D eigenvalue weighted by molar-refractivity contribution is -0.133. The molecule has 0 aromatic heterocycles. The first-order chi connectivity index (χ1) is 10.2. The molecule has 0 fully saturated rings. The first-order valence-corrected chi connectivity index (χ1v) is 7.50. The van der Waals surface area contributed by atoms with Crippen LogP contribution in [0.2, 0.25) is 0 Å². The van der Waals surface area contributed by atoms with Gasteiger partial charge in [-0.05, 0) is 24.0 Å². The fourth-order valence-corrected chi connectivity index (χ4v) is 2.88. The standard InChI is InChI=1S/C16H23N3O2/c1-3-6-14-13-8-5-4-7-12(13)9-10-19(14)15(20)11-18-16(21)17-2/h4-5,7-8,14H,3,6,9-11H2,1-2H3,(H2,17,18,21). The molecule has 3 amide bonds. The molecule has 5 heteroatoms. The van der Waals surface area contributed by atoms with Gasteiger partial charge in [-0.15, -0.1) is 0 Å². The highest BCUT2D eigenvalue weighted by molar-refractivity contribution is 5.84. The number of hydrogen-bond acceptors (Lipinski definition) is 2. The van der Waals surface area contributed by atoms with E-state index in [2.05, 4.69) is 29.7 Å². The van der Waals surface area contributed by atoms with E-state index in [1.54, 1.807) is 0 Å². The zero-order valence-electron chi connectivity index (χ0n) is 12.7. The molecule has 1 aliphatic rings. The van der Waals surface area contributed by atoms with E-state index in [0.29, 0.717) is 0 Å². The Balaban J connectivity index is 2.12. The Labute approximate surface area is 125 Å². The Morgan fingerprint density at radius 2 is 2.10 bits per heavy atom. The molecule has 21 heavy (non-hydrogen) atoms. The van der Waals surface area contributed by atoms with Crippen molar-refractivity contribution in [2.24, 2.45) is 0 Å². The van der Waals surface area contributed by atoms with Gasteiger partial charge in [0, 0.05) is 13.6 Å². The summed E-state index contributed by atoms with van der Waals surface area (Å²) in [5, 5.41) is 5.03. The zero-order chi connectivity index (χ0) is 15.2. The summed E-state index contributed by atoms with van der Waals surface area (Å²) >= 11 is 0. The zero-order valence-corrected chi connectivity index (χ0v) is 12.7. The first-order valence-electron chi connectivity index (χ1n) is 7.50. The van der Waals surface area contributed by atoms with Crippen LogP contribution in [0.5, 0.6) is 0 Å². The Morgan fingerprint density at radius 3 is 2.81 bits per heavy atom. The summed E-state index contributed by atoms with van der Waals surface area (Å²) in [5.74, 6) is -0.0217. The number of hydrogen-bond donors (Lipinski definition) is 2. The second-order valence-electron chi connectivity index (χ2n) is 5.27. The minimum absolute atomic E-state index is 0.0217. The summed E-state index contributed by atoms with van der Waals surface area (Å²) in [4.78, 5) is 25.5. The molecular formula is C16H23N3O2. The van der Waals surface area contributed by atoms with Crippen molar-refractivity contribution in [1.29, 1.82) is 0 Å². The molecule has 0 bridgehead atoms. The van der Waals surface area contributed by atoms with Gasteiger partial charge in [-0.1, -0.05) is 37.6 Å². The molecule has 114 valence electrons. The molecule has 1 aromatic rings. The third-order valence-electron chi connectivity index (χ3n) is 3.92. The molecule has 0 radical (unpaired) electrons. The predicted molar refractivity (Wildman–Crippen MR) is 82.0 cm³/mol. The predicted octanol–water partition coefficient (Wildman–Crippen LogP) is 1.84. The average Bonchev–Trinajstić information content (AvgIpc) is 2.52. The minimum atomic E-state index is -0.326. The summed E-state index contributed by atoms with van der Waals surface area (Å²) in [5.41, 5.74) is 2.58. The van der Waals surface area contributed by atoms with E-state index in [0.717, 1.165) is 25.8 Å². The van der Waals surface area contributed by atoms with E-state index in [1.165, 1.54) is 18.2 Å². The topological polar surface area (TPSA) is 61.4 Å². The number of fused-ring (bicyclic) bond motifs is 1. The van der Waals surface area contributed by atoms with Crippen LogP contribution < -0.4 is 10.6 Å². The van der Waals surface area contributed by atoms with Crippen molar-refractivity contribution in [3.05, 3.63) is 35.4 Å². The van der Waals surface area contributed by atoms with Crippen LogP contribution in [0.1, 0.15) is 36.9 Å². The van der Waals surface area contributed by atoms with Gasteiger partial charge in [-0.3, -0.25) is 4.79 Å². The monoisotopic (exact) mass is 289 g/mol. The number of carbonyl (C=O) groups is 2. The van der Waals surface area contributed by atoms with Crippen molar-refractivity contribution in [3.63, 3.8) is 0 Å². The molecule has 1 aliphatic heterocycles. The average molecular weight is 289 g/mol. The number of nitrogens with zero attached hydrogens (tertiary/aromatic N) is 1. The summed E-state index contributed by atoms with van der Waals surface area (Å²) in [6.07, 6.45) is 2.84. The van der Waals surface area contributed by atoms with Crippen molar-refractivity contribution < 1.29 is 9.59 Å². The molecule has 2 N–H and O–H groups in total. The van der Waals surface area contributed by atoms with Gasteiger partial charge in [-0.25, -0.2) is 4.79 Å². The van der Waals surface area contributed by atoms with Crippen molar-refractivity contribution in [1.82, 2.24) is 15.5 Å². The van der Waals surface area contributed by atoms with Crippen molar-refractivity contribution >= 4 is 11.9 Å². The van der Waals surface area contributed by atoms with E-state index in [-0.39, 0.29) is 24.5 Å². The van der Waals surface area contributed by atoms with Crippen LogP contribution in [0, 0.1) is 0 Å². The molecule has 0 spiro atoms.